The van der Waals surface area contributed by atoms with E-state index in [1.807, 2.05) is 4.90 Å². The second kappa shape index (κ2) is 7.95. The first kappa shape index (κ1) is 18.0. The Kier molecular flexibility index (Phi) is 6.21. The van der Waals surface area contributed by atoms with Crippen LogP contribution in [0.4, 0.5) is 9.18 Å². The van der Waals surface area contributed by atoms with Crippen LogP contribution in [0.25, 0.3) is 0 Å². The number of aliphatic hydroxyl groups is 1. The van der Waals surface area contributed by atoms with Crippen molar-refractivity contribution in [3.63, 3.8) is 0 Å². The highest BCUT2D eigenvalue weighted by Gasteiger charge is 2.24. The van der Waals surface area contributed by atoms with Crippen LogP contribution in [0.1, 0.15) is 24.5 Å². The first-order valence-corrected chi connectivity index (χ1v) is 8.09. The zero-order chi connectivity index (χ0) is 17.0. The molecule has 0 spiro atoms. The Bertz CT molecular complexity index is 548. The van der Waals surface area contributed by atoms with Crippen molar-refractivity contribution in [3.8, 4) is 0 Å². The second-order valence-electron chi connectivity index (χ2n) is 6.04. The molecule has 1 aliphatic heterocycles. The van der Waals surface area contributed by atoms with E-state index in [9.17, 15) is 14.3 Å². The monoisotopic (exact) mass is 343 g/mol. The molecule has 1 saturated heterocycles. The van der Waals surface area contributed by atoms with Gasteiger partial charge in [0.25, 0.3) is 0 Å². The number of likely N-dealkylation sites (tertiary alicyclic amines) is 1. The van der Waals surface area contributed by atoms with E-state index in [2.05, 4.69) is 5.32 Å². The number of hydrogen-bond donors (Lipinski definition) is 2. The lowest BCUT2D eigenvalue weighted by molar-refractivity contribution is 0.140. The third-order valence-electron chi connectivity index (χ3n) is 4.08. The molecular formula is C16H23ClFN3O2. The number of nitrogens with one attached hydrogen (secondary N) is 1. The minimum Gasteiger partial charge on any atom is -0.387 e. The molecule has 1 aromatic carbocycles. The van der Waals surface area contributed by atoms with Crippen LogP contribution in [-0.2, 0) is 0 Å². The van der Waals surface area contributed by atoms with E-state index in [4.69, 9.17) is 11.6 Å². The van der Waals surface area contributed by atoms with Gasteiger partial charge in [-0.2, -0.15) is 0 Å². The number of piperidine rings is 1. The zero-order valence-corrected chi connectivity index (χ0v) is 14.2. The fourth-order valence-electron chi connectivity index (χ4n) is 2.67. The first-order chi connectivity index (χ1) is 10.9. The number of nitrogens with zero attached hydrogens (tertiary/aromatic N) is 2. The summed E-state index contributed by atoms with van der Waals surface area (Å²) in [6.45, 7) is 1.73. The minimum absolute atomic E-state index is 0.0279. The van der Waals surface area contributed by atoms with Crippen molar-refractivity contribution >= 4 is 17.6 Å². The third-order valence-corrected chi connectivity index (χ3v) is 4.38. The van der Waals surface area contributed by atoms with Crippen molar-refractivity contribution in [2.75, 3.05) is 33.7 Å². The average molecular weight is 344 g/mol. The number of aliphatic hydroxyl groups excluding tert-OH is 1. The number of carbonyl (C=O) groups excluding carboxylic acids is 1. The maximum absolute atomic E-state index is 13.4. The lowest BCUT2D eigenvalue weighted by Gasteiger charge is -2.34. The van der Waals surface area contributed by atoms with Crippen LogP contribution >= 0.6 is 11.6 Å². The maximum atomic E-state index is 13.4. The van der Waals surface area contributed by atoms with Crippen molar-refractivity contribution in [2.45, 2.75) is 25.0 Å². The van der Waals surface area contributed by atoms with Crippen molar-refractivity contribution < 1.29 is 14.3 Å². The molecule has 1 atom stereocenters. The van der Waals surface area contributed by atoms with Gasteiger partial charge in [0.1, 0.15) is 5.82 Å². The first-order valence-electron chi connectivity index (χ1n) is 7.71. The largest absolute Gasteiger partial charge is 0.387 e. The van der Waals surface area contributed by atoms with Gasteiger partial charge in [-0.25, -0.2) is 9.18 Å². The molecule has 5 nitrogen and oxygen atoms in total. The number of benzene rings is 1. The Hall–Kier alpha value is -1.37. The van der Waals surface area contributed by atoms with Gasteiger partial charge in [0.05, 0.1) is 11.1 Å². The van der Waals surface area contributed by atoms with E-state index in [1.54, 1.807) is 25.1 Å². The normalized spacial score (nSPS) is 17.2. The molecule has 0 saturated carbocycles. The summed E-state index contributed by atoms with van der Waals surface area (Å²) in [5.41, 5.74) is 0.500. The van der Waals surface area contributed by atoms with Crippen molar-refractivity contribution in [1.29, 1.82) is 0 Å². The highest BCUT2D eigenvalue weighted by Crippen LogP contribution is 2.20. The summed E-state index contributed by atoms with van der Waals surface area (Å²) in [7, 11) is 3.49. The van der Waals surface area contributed by atoms with Crippen LogP contribution in [-0.4, -0.2) is 60.7 Å². The third kappa shape index (κ3) is 4.80. The Morgan fingerprint density at radius 2 is 2.13 bits per heavy atom. The summed E-state index contributed by atoms with van der Waals surface area (Å²) in [5.74, 6) is -0.529. The minimum atomic E-state index is -0.789. The molecule has 0 radical (unpaired) electrons. The van der Waals surface area contributed by atoms with Crippen LogP contribution in [0.5, 0.6) is 0 Å². The number of rotatable bonds is 4. The molecule has 0 bridgehead atoms. The van der Waals surface area contributed by atoms with E-state index in [0.29, 0.717) is 25.2 Å². The standard InChI is InChI=1S/C16H23ClFN3O2/c1-20(2)16(23)21-7-5-12(6-8-21)19-10-15(22)11-3-4-13(17)14(18)9-11/h3-4,9,12,15,19,22H,5-8,10H2,1-2H3. The number of urea groups is 1. The van der Waals surface area contributed by atoms with Gasteiger partial charge in [0, 0.05) is 39.8 Å². The predicted molar refractivity (Wildman–Crippen MR) is 88.1 cm³/mol. The highest BCUT2D eigenvalue weighted by molar-refractivity contribution is 6.30. The number of carbonyl (C=O) groups is 1. The zero-order valence-electron chi connectivity index (χ0n) is 13.4. The Balaban J connectivity index is 1.78. The topological polar surface area (TPSA) is 55.8 Å². The lowest BCUT2D eigenvalue weighted by atomic mass is 10.0. The van der Waals surface area contributed by atoms with E-state index >= 15 is 0 Å². The molecule has 1 aliphatic rings. The molecule has 2 rings (SSSR count). The van der Waals surface area contributed by atoms with Crippen LogP contribution in [0.3, 0.4) is 0 Å². The van der Waals surface area contributed by atoms with Gasteiger partial charge in [0.15, 0.2) is 0 Å². The van der Waals surface area contributed by atoms with Gasteiger partial charge in [-0.1, -0.05) is 17.7 Å². The summed E-state index contributed by atoms with van der Waals surface area (Å²) in [5, 5.41) is 13.5. The molecule has 0 aromatic heterocycles. The molecule has 23 heavy (non-hydrogen) atoms. The fraction of sp³-hybridized carbons (Fsp3) is 0.562. The molecule has 1 aromatic rings. The Labute approximate surface area is 141 Å². The van der Waals surface area contributed by atoms with Crippen molar-refractivity contribution in [2.24, 2.45) is 0 Å². The smallest absolute Gasteiger partial charge is 0.319 e. The quantitative estimate of drug-likeness (QED) is 0.881. The SMILES string of the molecule is CN(C)C(=O)N1CCC(NCC(O)c2ccc(Cl)c(F)c2)CC1. The maximum Gasteiger partial charge on any atom is 0.319 e. The summed E-state index contributed by atoms with van der Waals surface area (Å²) in [6, 6.07) is 4.59. The molecule has 1 unspecified atom stereocenters. The number of halogens is 2. The molecular weight excluding hydrogens is 321 g/mol. The molecule has 1 fully saturated rings. The van der Waals surface area contributed by atoms with Gasteiger partial charge in [0.2, 0.25) is 0 Å². The molecule has 2 N–H and O–H groups in total. The second-order valence-corrected chi connectivity index (χ2v) is 6.44. The summed E-state index contributed by atoms with van der Waals surface area (Å²) in [6.07, 6.45) is 0.881. The van der Waals surface area contributed by atoms with Crippen LogP contribution in [0.2, 0.25) is 5.02 Å². The van der Waals surface area contributed by atoms with Gasteiger partial charge in [-0.05, 0) is 30.5 Å². The van der Waals surface area contributed by atoms with E-state index in [0.717, 1.165) is 12.8 Å². The van der Waals surface area contributed by atoms with Crippen LogP contribution in [0, 0.1) is 5.82 Å². The van der Waals surface area contributed by atoms with Crippen molar-refractivity contribution in [3.05, 3.63) is 34.6 Å². The van der Waals surface area contributed by atoms with Crippen LogP contribution in [0.15, 0.2) is 18.2 Å². The van der Waals surface area contributed by atoms with Gasteiger partial charge < -0.3 is 20.2 Å². The number of amides is 2. The summed E-state index contributed by atoms with van der Waals surface area (Å²) < 4.78 is 13.4. The molecule has 128 valence electrons. The Morgan fingerprint density at radius 1 is 1.48 bits per heavy atom. The number of hydrogen-bond acceptors (Lipinski definition) is 3. The molecule has 2 amide bonds. The predicted octanol–water partition coefficient (Wildman–Crippen LogP) is 2.25. The van der Waals surface area contributed by atoms with E-state index in [1.165, 1.54) is 12.1 Å². The van der Waals surface area contributed by atoms with E-state index in [-0.39, 0.29) is 17.1 Å². The van der Waals surface area contributed by atoms with Gasteiger partial charge in [-0.15, -0.1) is 0 Å². The average Bonchev–Trinajstić information content (AvgIpc) is 2.54. The highest BCUT2D eigenvalue weighted by atomic mass is 35.5. The summed E-state index contributed by atoms with van der Waals surface area (Å²) >= 11 is 5.64. The van der Waals surface area contributed by atoms with Crippen molar-refractivity contribution in [1.82, 2.24) is 15.1 Å². The molecule has 0 aliphatic carbocycles. The Morgan fingerprint density at radius 3 is 2.70 bits per heavy atom. The lowest BCUT2D eigenvalue weighted by Crippen LogP contribution is -2.48. The van der Waals surface area contributed by atoms with E-state index < -0.39 is 11.9 Å². The van der Waals surface area contributed by atoms with Gasteiger partial charge >= 0.3 is 6.03 Å². The fourth-order valence-corrected chi connectivity index (χ4v) is 2.79. The molecule has 1 heterocycles. The molecule has 7 heteroatoms. The van der Waals surface area contributed by atoms with Crippen LogP contribution < -0.4 is 5.32 Å². The summed E-state index contributed by atoms with van der Waals surface area (Å²) in [4.78, 5) is 15.3. The van der Waals surface area contributed by atoms with Gasteiger partial charge in [-0.3, -0.25) is 0 Å².